The van der Waals surface area contributed by atoms with Crippen LogP contribution in [0.4, 0.5) is 4.79 Å². The summed E-state index contributed by atoms with van der Waals surface area (Å²) in [6.45, 7) is 9.95. The van der Waals surface area contributed by atoms with Crippen molar-refractivity contribution in [1.82, 2.24) is 10.2 Å². The van der Waals surface area contributed by atoms with E-state index in [1.54, 1.807) is 11.0 Å². The smallest absolute Gasteiger partial charge is 0.329 e. The van der Waals surface area contributed by atoms with E-state index in [9.17, 15) is 19.5 Å². The minimum absolute atomic E-state index is 0.101. The number of nitrogens with one attached hydrogen (secondary N) is 1. The molecule has 2 aromatic carbocycles. The number of carbonyl (C=O) groups excluding carboxylic acids is 2. The van der Waals surface area contributed by atoms with E-state index in [1.165, 1.54) is 6.92 Å². The number of Topliss-reactive ketones (excluding diaryl/α,β-unsaturated/α-hetero) is 1. The van der Waals surface area contributed by atoms with Gasteiger partial charge in [0.05, 0.1) is 30.9 Å². The number of ketones is 1. The Balaban J connectivity index is 1.85. The molecule has 1 aliphatic carbocycles. The topological polar surface area (TPSA) is 105 Å². The number of amides is 2. The maximum Gasteiger partial charge on any atom is 0.329 e. The third-order valence-electron chi connectivity index (χ3n) is 6.77. The van der Waals surface area contributed by atoms with Gasteiger partial charge in [0.2, 0.25) is 0 Å². The van der Waals surface area contributed by atoms with E-state index in [4.69, 9.17) is 9.47 Å². The number of rotatable bonds is 12. The first-order chi connectivity index (χ1) is 17.1. The van der Waals surface area contributed by atoms with Crippen molar-refractivity contribution >= 4 is 17.8 Å². The molecule has 3 rings (SSSR count). The van der Waals surface area contributed by atoms with Gasteiger partial charge in [-0.05, 0) is 70.2 Å². The average Bonchev–Trinajstić information content (AvgIpc) is 3.63. The van der Waals surface area contributed by atoms with Crippen LogP contribution in [-0.4, -0.2) is 53.1 Å². The number of ether oxygens (including phenoxy) is 2. The van der Waals surface area contributed by atoms with Gasteiger partial charge in [-0.25, -0.2) is 9.59 Å². The van der Waals surface area contributed by atoms with Gasteiger partial charge in [-0.2, -0.15) is 0 Å². The van der Waals surface area contributed by atoms with E-state index in [1.807, 2.05) is 64.1 Å². The standard InChI is InChI=1S/C28H36N2O6/c1-6-35-25-18(2)23(12-13-24(25)20(4)31)19(3)30(27(34)29-28(14-15-28)26(32)33)16-17-36-21(5)22-10-8-7-9-11-22/h7-13,19,21H,6,14-17H2,1-5H3,(H,29,34)(H,32,33)/t19-,21-/m1/s1. The van der Waals surface area contributed by atoms with E-state index in [0.29, 0.717) is 30.8 Å². The molecule has 0 aliphatic heterocycles. The predicted molar refractivity (Wildman–Crippen MR) is 136 cm³/mol. The molecule has 8 heteroatoms. The second kappa shape index (κ2) is 11.6. The van der Waals surface area contributed by atoms with Crippen LogP contribution in [0.1, 0.15) is 79.7 Å². The molecule has 1 saturated carbocycles. The molecule has 194 valence electrons. The highest BCUT2D eigenvalue weighted by Crippen LogP contribution is 2.37. The molecule has 1 aliphatic rings. The largest absolute Gasteiger partial charge is 0.493 e. The first-order valence-electron chi connectivity index (χ1n) is 12.4. The van der Waals surface area contributed by atoms with Crippen molar-refractivity contribution < 1.29 is 29.0 Å². The number of carboxylic acid groups (broad SMARTS) is 1. The molecule has 0 spiro atoms. The fourth-order valence-electron chi connectivity index (χ4n) is 4.35. The average molecular weight is 497 g/mol. The lowest BCUT2D eigenvalue weighted by atomic mass is 9.96. The van der Waals surface area contributed by atoms with Gasteiger partial charge in [-0.3, -0.25) is 4.79 Å². The Bertz CT molecular complexity index is 1100. The molecule has 0 saturated heterocycles. The van der Waals surface area contributed by atoms with Gasteiger partial charge in [0, 0.05) is 6.54 Å². The highest BCUT2D eigenvalue weighted by Gasteiger charge is 2.52. The Labute approximate surface area is 212 Å². The number of urea groups is 1. The summed E-state index contributed by atoms with van der Waals surface area (Å²) in [5.74, 6) is -0.623. The van der Waals surface area contributed by atoms with Crippen LogP contribution in [0.5, 0.6) is 5.75 Å². The van der Waals surface area contributed by atoms with Crippen LogP contribution < -0.4 is 10.1 Å². The summed E-state index contributed by atoms with van der Waals surface area (Å²) in [7, 11) is 0. The number of carbonyl (C=O) groups is 3. The maximum absolute atomic E-state index is 13.4. The van der Waals surface area contributed by atoms with Crippen molar-refractivity contribution in [3.8, 4) is 5.75 Å². The van der Waals surface area contributed by atoms with E-state index in [2.05, 4.69) is 5.32 Å². The van der Waals surface area contributed by atoms with E-state index < -0.39 is 23.6 Å². The second-order valence-corrected chi connectivity index (χ2v) is 9.26. The predicted octanol–water partition coefficient (Wildman–Crippen LogP) is 5.06. The molecule has 8 nitrogen and oxygen atoms in total. The molecule has 2 atom stereocenters. The van der Waals surface area contributed by atoms with Crippen LogP contribution in [-0.2, 0) is 9.53 Å². The summed E-state index contributed by atoms with van der Waals surface area (Å²) in [4.78, 5) is 38.8. The van der Waals surface area contributed by atoms with Gasteiger partial charge in [0.15, 0.2) is 5.78 Å². The zero-order valence-electron chi connectivity index (χ0n) is 21.7. The lowest BCUT2D eigenvalue weighted by Gasteiger charge is -2.32. The molecule has 0 unspecified atom stereocenters. The zero-order valence-corrected chi connectivity index (χ0v) is 21.7. The Hall–Kier alpha value is -3.39. The first kappa shape index (κ1) is 27.2. The Kier molecular flexibility index (Phi) is 8.74. The molecule has 0 heterocycles. The molecule has 2 N–H and O–H groups in total. The van der Waals surface area contributed by atoms with Crippen LogP contribution in [0.15, 0.2) is 42.5 Å². The van der Waals surface area contributed by atoms with Gasteiger partial charge in [0.25, 0.3) is 0 Å². The monoisotopic (exact) mass is 496 g/mol. The summed E-state index contributed by atoms with van der Waals surface area (Å²) in [6, 6.07) is 12.5. The first-order valence-corrected chi connectivity index (χ1v) is 12.4. The van der Waals surface area contributed by atoms with Crippen LogP contribution in [0.3, 0.4) is 0 Å². The Morgan fingerprint density at radius 2 is 1.78 bits per heavy atom. The number of aliphatic carboxylic acids is 1. The molecule has 1 fully saturated rings. The normalized spacial score (nSPS) is 15.5. The summed E-state index contributed by atoms with van der Waals surface area (Å²) < 4.78 is 11.8. The van der Waals surface area contributed by atoms with E-state index in [0.717, 1.165) is 16.7 Å². The van der Waals surface area contributed by atoms with Crippen LogP contribution in [0.2, 0.25) is 0 Å². The van der Waals surface area contributed by atoms with Gasteiger partial charge in [-0.15, -0.1) is 0 Å². The summed E-state index contributed by atoms with van der Waals surface area (Å²) in [5.41, 5.74) is 1.89. The lowest BCUT2D eigenvalue weighted by molar-refractivity contribution is -0.140. The van der Waals surface area contributed by atoms with Crippen LogP contribution in [0.25, 0.3) is 0 Å². The molecule has 0 aromatic heterocycles. The minimum Gasteiger partial charge on any atom is -0.493 e. The van der Waals surface area contributed by atoms with Crippen molar-refractivity contribution in [1.29, 1.82) is 0 Å². The van der Waals surface area contributed by atoms with Gasteiger partial charge < -0.3 is 24.8 Å². The van der Waals surface area contributed by atoms with E-state index in [-0.39, 0.29) is 25.0 Å². The van der Waals surface area contributed by atoms with E-state index >= 15 is 0 Å². The third kappa shape index (κ3) is 6.05. The molecule has 2 aromatic rings. The van der Waals surface area contributed by atoms with Gasteiger partial charge in [0.1, 0.15) is 11.3 Å². The third-order valence-corrected chi connectivity index (χ3v) is 6.77. The highest BCUT2D eigenvalue weighted by molar-refractivity contribution is 5.97. The summed E-state index contributed by atoms with van der Waals surface area (Å²) >= 11 is 0. The van der Waals surface area contributed by atoms with Crippen LogP contribution >= 0.6 is 0 Å². The van der Waals surface area contributed by atoms with Crippen molar-refractivity contribution in [3.05, 3.63) is 64.7 Å². The summed E-state index contributed by atoms with van der Waals surface area (Å²) in [6.07, 6.45) is 0.637. The molecular weight excluding hydrogens is 460 g/mol. The Morgan fingerprint density at radius 3 is 2.33 bits per heavy atom. The van der Waals surface area contributed by atoms with Crippen molar-refractivity contribution in [3.63, 3.8) is 0 Å². The Morgan fingerprint density at radius 1 is 1.11 bits per heavy atom. The second-order valence-electron chi connectivity index (χ2n) is 9.26. The number of hydrogen-bond acceptors (Lipinski definition) is 5. The SMILES string of the molecule is CCOc1c(C(C)=O)ccc([C@@H](C)N(CCO[C@H](C)c2ccccc2)C(=O)NC2(C(=O)O)CC2)c1C. The van der Waals surface area contributed by atoms with Gasteiger partial charge in [-0.1, -0.05) is 36.4 Å². The molecular formula is C28H36N2O6. The fourth-order valence-corrected chi connectivity index (χ4v) is 4.35. The fraction of sp³-hybridized carbons (Fsp3) is 0.464. The molecule has 2 amide bonds. The lowest BCUT2D eigenvalue weighted by Crippen LogP contribution is -2.51. The zero-order chi connectivity index (χ0) is 26.5. The minimum atomic E-state index is -1.21. The highest BCUT2D eigenvalue weighted by atomic mass is 16.5. The van der Waals surface area contributed by atoms with Gasteiger partial charge >= 0.3 is 12.0 Å². The molecule has 0 bridgehead atoms. The van der Waals surface area contributed by atoms with Crippen molar-refractivity contribution in [2.75, 3.05) is 19.8 Å². The number of carboxylic acids is 1. The van der Waals surface area contributed by atoms with Crippen molar-refractivity contribution in [2.24, 2.45) is 0 Å². The summed E-state index contributed by atoms with van der Waals surface area (Å²) in [5, 5.41) is 12.3. The number of hydrogen-bond donors (Lipinski definition) is 2. The number of nitrogens with zero attached hydrogens (tertiary/aromatic N) is 1. The van der Waals surface area contributed by atoms with Crippen molar-refractivity contribution in [2.45, 2.75) is 65.1 Å². The molecule has 36 heavy (non-hydrogen) atoms. The number of benzene rings is 2. The maximum atomic E-state index is 13.4. The quantitative estimate of drug-likeness (QED) is 0.398. The van der Waals surface area contributed by atoms with Crippen LogP contribution in [0, 0.1) is 6.92 Å². The molecule has 0 radical (unpaired) electrons.